The van der Waals surface area contributed by atoms with E-state index in [2.05, 4.69) is 10.3 Å². The summed E-state index contributed by atoms with van der Waals surface area (Å²) >= 11 is 1.32. The SMILES string of the molecule is CC(C)(C)OC(=O)N[C@@H](Cc1ccc(O)cc1)c1csc(N)n1. The smallest absolute Gasteiger partial charge is 0.408 e. The monoisotopic (exact) mass is 335 g/mol. The first-order chi connectivity index (χ1) is 10.7. The van der Waals surface area contributed by atoms with Crippen LogP contribution in [0.25, 0.3) is 0 Å². The fraction of sp³-hybridized carbons (Fsp3) is 0.375. The van der Waals surface area contributed by atoms with Gasteiger partial charge < -0.3 is 20.9 Å². The molecule has 0 aliphatic carbocycles. The minimum Gasteiger partial charge on any atom is -0.508 e. The van der Waals surface area contributed by atoms with Gasteiger partial charge in [0.15, 0.2) is 5.13 Å². The van der Waals surface area contributed by atoms with Gasteiger partial charge in [-0.15, -0.1) is 11.3 Å². The summed E-state index contributed by atoms with van der Waals surface area (Å²) in [7, 11) is 0. The van der Waals surface area contributed by atoms with Crippen molar-refractivity contribution in [3.8, 4) is 5.75 Å². The summed E-state index contributed by atoms with van der Waals surface area (Å²) in [6, 6.07) is 6.46. The number of nitrogens with zero attached hydrogens (tertiary/aromatic N) is 1. The number of carbonyl (C=O) groups is 1. The van der Waals surface area contributed by atoms with Crippen molar-refractivity contribution in [2.45, 2.75) is 38.8 Å². The van der Waals surface area contributed by atoms with Crippen LogP contribution in [0.2, 0.25) is 0 Å². The number of thiazole rings is 1. The number of ether oxygens (including phenoxy) is 1. The van der Waals surface area contributed by atoms with Crippen LogP contribution in [0.3, 0.4) is 0 Å². The highest BCUT2D eigenvalue weighted by atomic mass is 32.1. The third-order valence-corrected chi connectivity index (χ3v) is 3.66. The molecule has 1 atom stereocenters. The van der Waals surface area contributed by atoms with Gasteiger partial charge in [-0.2, -0.15) is 0 Å². The molecule has 0 spiro atoms. The summed E-state index contributed by atoms with van der Waals surface area (Å²) in [5.41, 5.74) is 6.76. The lowest BCUT2D eigenvalue weighted by molar-refractivity contribution is 0.0502. The van der Waals surface area contributed by atoms with Gasteiger partial charge in [-0.1, -0.05) is 12.1 Å². The number of hydrogen-bond donors (Lipinski definition) is 3. The molecule has 1 aromatic heterocycles. The highest BCUT2D eigenvalue weighted by molar-refractivity contribution is 7.13. The van der Waals surface area contributed by atoms with Crippen molar-refractivity contribution in [3.63, 3.8) is 0 Å². The van der Waals surface area contributed by atoms with Crippen LogP contribution in [0.4, 0.5) is 9.93 Å². The van der Waals surface area contributed by atoms with Crippen LogP contribution in [0.5, 0.6) is 5.75 Å². The van der Waals surface area contributed by atoms with Crippen molar-refractivity contribution in [1.82, 2.24) is 10.3 Å². The first-order valence-electron chi connectivity index (χ1n) is 7.21. The van der Waals surface area contributed by atoms with Gasteiger partial charge in [-0.3, -0.25) is 0 Å². The Morgan fingerprint density at radius 2 is 2.04 bits per heavy atom. The number of aromatic hydroxyl groups is 1. The van der Waals surface area contributed by atoms with E-state index in [9.17, 15) is 9.90 Å². The van der Waals surface area contributed by atoms with Crippen LogP contribution in [0, 0.1) is 0 Å². The molecule has 6 nitrogen and oxygen atoms in total. The van der Waals surface area contributed by atoms with Crippen LogP contribution in [0.1, 0.15) is 38.1 Å². The molecule has 2 aromatic rings. The quantitative estimate of drug-likeness (QED) is 0.797. The fourth-order valence-electron chi connectivity index (χ4n) is 2.01. The number of anilines is 1. The lowest BCUT2D eigenvalue weighted by Gasteiger charge is -2.23. The van der Waals surface area contributed by atoms with Gasteiger partial charge in [0.2, 0.25) is 0 Å². The maximum atomic E-state index is 12.1. The predicted octanol–water partition coefficient (Wildman–Crippen LogP) is 3.24. The van der Waals surface area contributed by atoms with Crippen molar-refractivity contribution in [1.29, 1.82) is 0 Å². The number of nitrogens with two attached hydrogens (primary N) is 1. The summed E-state index contributed by atoms with van der Waals surface area (Å²) in [5.74, 6) is 0.198. The zero-order chi connectivity index (χ0) is 17.0. The molecule has 0 saturated heterocycles. The molecule has 2 rings (SSSR count). The molecule has 0 aliphatic heterocycles. The molecule has 0 bridgehead atoms. The molecule has 1 aromatic carbocycles. The second kappa shape index (κ2) is 6.87. The molecule has 4 N–H and O–H groups in total. The third kappa shape index (κ3) is 5.45. The lowest BCUT2D eigenvalue weighted by atomic mass is 10.0. The molecule has 0 aliphatic rings. The number of phenols is 1. The van der Waals surface area contributed by atoms with Crippen molar-refractivity contribution >= 4 is 22.6 Å². The summed E-state index contributed by atoms with van der Waals surface area (Å²) in [6.45, 7) is 5.42. The lowest BCUT2D eigenvalue weighted by Crippen LogP contribution is -2.35. The van der Waals surface area contributed by atoms with Gasteiger partial charge in [-0.25, -0.2) is 9.78 Å². The van der Waals surface area contributed by atoms with Crippen LogP contribution in [-0.4, -0.2) is 21.8 Å². The van der Waals surface area contributed by atoms with Gasteiger partial charge in [0.1, 0.15) is 11.4 Å². The van der Waals surface area contributed by atoms with E-state index >= 15 is 0 Å². The first kappa shape index (κ1) is 17.1. The molecule has 1 amide bonds. The van der Waals surface area contributed by atoms with Crippen molar-refractivity contribution < 1.29 is 14.6 Å². The Bertz CT molecular complexity index is 662. The van der Waals surface area contributed by atoms with E-state index in [1.807, 2.05) is 26.2 Å². The van der Waals surface area contributed by atoms with Gasteiger partial charge in [0.05, 0.1) is 11.7 Å². The van der Waals surface area contributed by atoms with Crippen LogP contribution in [0.15, 0.2) is 29.6 Å². The van der Waals surface area contributed by atoms with Crippen molar-refractivity contribution in [2.24, 2.45) is 0 Å². The Balaban J connectivity index is 2.15. The van der Waals surface area contributed by atoms with E-state index in [0.29, 0.717) is 17.2 Å². The minimum atomic E-state index is -0.575. The molecular weight excluding hydrogens is 314 g/mol. The Hall–Kier alpha value is -2.28. The molecule has 0 unspecified atom stereocenters. The maximum absolute atomic E-state index is 12.1. The first-order valence-corrected chi connectivity index (χ1v) is 8.09. The zero-order valence-corrected chi connectivity index (χ0v) is 14.2. The summed E-state index contributed by atoms with van der Waals surface area (Å²) < 4.78 is 5.31. The summed E-state index contributed by atoms with van der Waals surface area (Å²) in [5, 5.41) is 14.5. The van der Waals surface area contributed by atoms with Gasteiger partial charge in [0, 0.05) is 5.38 Å². The van der Waals surface area contributed by atoms with E-state index in [4.69, 9.17) is 10.5 Å². The molecule has 23 heavy (non-hydrogen) atoms. The molecular formula is C16H21N3O3S. The standard InChI is InChI=1S/C16H21N3O3S/c1-16(2,3)22-15(21)19-12(13-9-23-14(17)18-13)8-10-4-6-11(20)7-5-10/h4-7,9,12,20H,8H2,1-3H3,(H2,17,18)(H,19,21)/t12-/m0/s1. The molecule has 0 radical (unpaired) electrons. The highest BCUT2D eigenvalue weighted by Crippen LogP contribution is 2.23. The number of hydrogen-bond acceptors (Lipinski definition) is 6. The Kier molecular flexibility index (Phi) is 5.10. The van der Waals surface area contributed by atoms with Gasteiger partial charge >= 0.3 is 6.09 Å². The molecule has 0 saturated carbocycles. The van der Waals surface area contributed by atoms with Crippen LogP contribution < -0.4 is 11.1 Å². The van der Waals surface area contributed by atoms with E-state index in [-0.39, 0.29) is 11.8 Å². The van der Waals surface area contributed by atoms with Gasteiger partial charge in [-0.05, 0) is 44.9 Å². The number of nitrogen functional groups attached to an aromatic ring is 1. The normalized spacial score (nSPS) is 12.7. The van der Waals surface area contributed by atoms with Crippen LogP contribution >= 0.6 is 11.3 Å². The highest BCUT2D eigenvalue weighted by Gasteiger charge is 2.22. The second-order valence-electron chi connectivity index (χ2n) is 6.18. The topological polar surface area (TPSA) is 97.5 Å². The molecule has 0 fully saturated rings. The maximum Gasteiger partial charge on any atom is 0.408 e. The molecule has 1 heterocycles. The Morgan fingerprint density at radius 1 is 1.39 bits per heavy atom. The zero-order valence-electron chi connectivity index (χ0n) is 13.4. The number of rotatable bonds is 4. The Morgan fingerprint density at radius 3 is 2.57 bits per heavy atom. The predicted molar refractivity (Wildman–Crippen MR) is 90.4 cm³/mol. The van der Waals surface area contributed by atoms with E-state index < -0.39 is 11.7 Å². The van der Waals surface area contributed by atoms with E-state index in [1.165, 1.54) is 11.3 Å². The molecule has 7 heteroatoms. The minimum absolute atomic E-state index is 0.198. The number of phenolic OH excluding ortho intramolecular Hbond substituents is 1. The Labute approximate surface area is 139 Å². The van der Waals surface area contributed by atoms with Crippen molar-refractivity contribution in [3.05, 3.63) is 40.9 Å². The largest absolute Gasteiger partial charge is 0.508 e. The van der Waals surface area contributed by atoms with Crippen molar-refractivity contribution in [2.75, 3.05) is 5.73 Å². The summed E-state index contributed by atoms with van der Waals surface area (Å²) in [4.78, 5) is 16.3. The van der Waals surface area contributed by atoms with Crippen LogP contribution in [-0.2, 0) is 11.2 Å². The fourth-order valence-corrected chi connectivity index (χ4v) is 2.62. The van der Waals surface area contributed by atoms with E-state index in [0.717, 1.165) is 5.56 Å². The van der Waals surface area contributed by atoms with E-state index in [1.54, 1.807) is 24.3 Å². The number of aromatic nitrogens is 1. The average Bonchev–Trinajstić information content (AvgIpc) is 2.85. The summed E-state index contributed by atoms with van der Waals surface area (Å²) in [6.07, 6.45) is 0.00994. The number of benzene rings is 1. The third-order valence-electron chi connectivity index (χ3n) is 2.96. The number of alkyl carbamates (subject to hydrolysis) is 1. The number of carbonyl (C=O) groups excluding carboxylic acids is 1. The number of nitrogens with one attached hydrogen (secondary N) is 1. The number of amides is 1. The second-order valence-corrected chi connectivity index (χ2v) is 7.07. The average molecular weight is 335 g/mol. The van der Waals surface area contributed by atoms with Gasteiger partial charge in [0.25, 0.3) is 0 Å². The molecule has 124 valence electrons.